The van der Waals surface area contributed by atoms with Crippen molar-refractivity contribution in [2.24, 2.45) is 0 Å². The molecule has 1 aromatic carbocycles. The minimum Gasteiger partial charge on any atom is -0.325 e. The first-order valence-corrected chi connectivity index (χ1v) is 6.65. The fourth-order valence-electron chi connectivity index (χ4n) is 1.83. The molecule has 104 valence electrons. The maximum absolute atomic E-state index is 12.0. The highest BCUT2D eigenvalue weighted by Crippen LogP contribution is 2.07. The zero-order valence-electron chi connectivity index (χ0n) is 11.8. The highest BCUT2D eigenvalue weighted by molar-refractivity contribution is 5.94. The van der Waals surface area contributed by atoms with Gasteiger partial charge < -0.3 is 10.6 Å². The predicted octanol–water partition coefficient (Wildman–Crippen LogP) is 2.51. The minimum absolute atomic E-state index is 0.0390. The van der Waals surface area contributed by atoms with Crippen molar-refractivity contribution in [2.75, 3.05) is 5.32 Å². The molecular weight excluding hydrogens is 250 g/mol. The van der Waals surface area contributed by atoms with Crippen LogP contribution in [-0.4, -0.2) is 16.9 Å². The molecule has 2 aromatic rings. The average molecular weight is 269 g/mol. The Morgan fingerprint density at radius 1 is 1.25 bits per heavy atom. The second-order valence-corrected chi connectivity index (χ2v) is 4.76. The molecule has 0 radical (unpaired) electrons. The van der Waals surface area contributed by atoms with E-state index in [2.05, 4.69) is 15.6 Å². The Kier molecular flexibility index (Phi) is 4.85. The maximum atomic E-state index is 12.0. The van der Waals surface area contributed by atoms with E-state index in [0.29, 0.717) is 6.54 Å². The Hall–Kier alpha value is -2.20. The molecule has 2 rings (SSSR count). The van der Waals surface area contributed by atoms with Crippen molar-refractivity contribution < 1.29 is 4.79 Å². The summed E-state index contributed by atoms with van der Waals surface area (Å²) in [6, 6.07) is 11.2. The van der Waals surface area contributed by atoms with Gasteiger partial charge in [-0.3, -0.25) is 9.78 Å². The number of carbonyl (C=O) groups is 1. The minimum atomic E-state index is -0.261. The van der Waals surface area contributed by atoms with Gasteiger partial charge in [0.2, 0.25) is 5.91 Å². The van der Waals surface area contributed by atoms with Crippen LogP contribution in [0.3, 0.4) is 0 Å². The molecule has 4 nitrogen and oxygen atoms in total. The molecule has 0 aliphatic rings. The third-order valence-corrected chi connectivity index (χ3v) is 3.17. The van der Waals surface area contributed by atoms with E-state index in [1.165, 1.54) is 0 Å². The predicted molar refractivity (Wildman–Crippen MR) is 80.3 cm³/mol. The number of nitrogens with zero attached hydrogens (tertiary/aromatic N) is 1. The third kappa shape index (κ3) is 3.90. The number of benzene rings is 1. The molecule has 0 fully saturated rings. The van der Waals surface area contributed by atoms with Crippen molar-refractivity contribution >= 4 is 11.6 Å². The number of aryl methyl sites for hydroxylation is 1. The first kappa shape index (κ1) is 14.2. The number of hydrogen-bond donors (Lipinski definition) is 2. The molecule has 1 aromatic heterocycles. The van der Waals surface area contributed by atoms with E-state index in [-0.39, 0.29) is 11.9 Å². The summed E-state index contributed by atoms with van der Waals surface area (Å²) >= 11 is 0. The van der Waals surface area contributed by atoms with Crippen molar-refractivity contribution in [3.8, 4) is 0 Å². The van der Waals surface area contributed by atoms with Crippen molar-refractivity contribution in [3.05, 3.63) is 59.9 Å². The van der Waals surface area contributed by atoms with E-state index in [1.54, 1.807) is 6.20 Å². The van der Waals surface area contributed by atoms with Crippen LogP contribution in [-0.2, 0) is 11.3 Å². The van der Waals surface area contributed by atoms with Gasteiger partial charge >= 0.3 is 0 Å². The standard InChI is InChI=1S/C16H19N3O/c1-12-10-17-9-8-14(12)11-18-13(2)16(20)19-15-6-4-3-5-7-15/h3-10,13,18H,11H2,1-2H3,(H,19,20). The zero-order chi connectivity index (χ0) is 14.4. The van der Waals surface area contributed by atoms with E-state index in [9.17, 15) is 4.79 Å². The highest BCUT2D eigenvalue weighted by Gasteiger charge is 2.12. The Bertz CT molecular complexity index is 569. The summed E-state index contributed by atoms with van der Waals surface area (Å²) in [6.45, 7) is 4.52. The Balaban J connectivity index is 1.87. The van der Waals surface area contributed by atoms with Crippen LogP contribution in [0.25, 0.3) is 0 Å². The van der Waals surface area contributed by atoms with Crippen LogP contribution in [0.4, 0.5) is 5.69 Å². The molecule has 20 heavy (non-hydrogen) atoms. The Morgan fingerprint density at radius 3 is 2.70 bits per heavy atom. The molecular formula is C16H19N3O. The van der Waals surface area contributed by atoms with Gasteiger partial charge in [-0.05, 0) is 43.2 Å². The maximum Gasteiger partial charge on any atom is 0.241 e. The molecule has 0 saturated carbocycles. The lowest BCUT2D eigenvalue weighted by Crippen LogP contribution is -2.37. The van der Waals surface area contributed by atoms with Crippen molar-refractivity contribution in [3.63, 3.8) is 0 Å². The molecule has 0 spiro atoms. The molecule has 1 heterocycles. The van der Waals surface area contributed by atoms with Crippen LogP contribution in [0.1, 0.15) is 18.1 Å². The van der Waals surface area contributed by atoms with Crippen LogP contribution in [0, 0.1) is 6.92 Å². The third-order valence-electron chi connectivity index (χ3n) is 3.17. The average Bonchev–Trinajstić information content (AvgIpc) is 2.47. The molecule has 1 amide bonds. The Labute approximate surface area is 119 Å². The number of hydrogen-bond acceptors (Lipinski definition) is 3. The van der Waals surface area contributed by atoms with Crippen molar-refractivity contribution in [2.45, 2.75) is 26.4 Å². The van der Waals surface area contributed by atoms with E-state index >= 15 is 0 Å². The lowest BCUT2D eigenvalue weighted by atomic mass is 10.1. The fourth-order valence-corrected chi connectivity index (χ4v) is 1.83. The fraction of sp³-hybridized carbons (Fsp3) is 0.250. The number of nitrogens with one attached hydrogen (secondary N) is 2. The summed E-state index contributed by atoms with van der Waals surface area (Å²) in [6.07, 6.45) is 3.59. The van der Waals surface area contributed by atoms with Gasteiger partial charge in [-0.2, -0.15) is 0 Å². The molecule has 4 heteroatoms. The molecule has 2 N–H and O–H groups in total. The van der Waals surface area contributed by atoms with Crippen LogP contribution in [0.15, 0.2) is 48.8 Å². The van der Waals surface area contributed by atoms with Crippen LogP contribution < -0.4 is 10.6 Å². The normalized spacial score (nSPS) is 11.9. The number of aromatic nitrogens is 1. The van der Waals surface area contributed by atoms with E-state index in [0.717, 1.165) is 16.8 Å². The van der Waals surface area contributed by atoms with Gasteiger partial charge in [-0.15, -0.1) is 0 Å². The number of carbonyl (C=O) groups excluding carboxylic acids is 1. The summed E-state index contributed by atoms with van der Waals surface area (Å²) in [5.41, 5.74) is 3.08. The molecule has 0 bridgehead atoms. The van der Waals surface area contributed by atoms with Gasteiger partial charge in [0.05, 0.1) is 6.04 Å². The van der Waals surface area contributed by atoms with Gasteiger partial charge in [-0.25, -0.2) is 0 Å². The quantitative estimate of drug-likeness (QED) is 0.877. The van der Waals surface area contributed by atoms with Crippen LogP contribution in [0.2, 0.25) is 0 Å². The summed E-state index contributed by atoms with van der Waals surface area (Å²) < 4.78 is 0. The van der Waals surface area contributed by atoms with Gasteiger partial charge in [0, 0.05) is 24.6 Å². The second-order valence-electron chi connectivity index (χ2n) is 4.76. The molecule has 0 aliphatic heterocycles. The van der Waals surface area contributed by atoms with Crippen LogP contribution in [0.5, 0.6) is 0 Å². The summed E-state index contributed by atoms with van der Waals surface area (Å²) in [5.74, 6) is -0.0390. The van der Waals surface area contributed by atoms with E-state index < -0.39 is 0 Å². The second kappa shape index (κ2) is 6.82. The van der Waals surface area contributed by atoms with E-state index in [1.807, 2.05) is 56.4 Å². The molecule has 1 atom stereocenters. The van der Waals surface area contributed by atoms with Gasteiger partial charge in [0.1, 0.15) is 0 Å². The smallest absolute Gasteiger partial charge is 0.241 e. The zero-order valence-corrected chi connectivity index (χ0v) is 11.8. The number of amides is 1. The largest absolute Gasteiger partial charge is 0.325 e. The first-order valence-electron chi connectivity index (χ1n) is 6.65. The number of pyridine rings is 1. The van der Waals surface area contributed by atoms with Crippen molar-refractivity contribution in [1.82, 2.24) is 10.3 Å². The first-order chi connectivity index (χ1) is 9.66. The number of anilines is 1. The highest BCUT2D eigenvalue weighted by atomic mass is 16.2. The number of rotatable bonds is 5. The molecule has 1 unspecified atom stereocenters. The van der Waals surface area contributed by atoms with Crippen LogP contribution >= 0.6 is 0 Å². The lowest BCUT2D eigenvalue weighted by Gasteiger charge is -2.15. The summed E-state index contributed by atoms with van der Waals surface area (Å²) in [5, 5.41) is 6.10. The summed E-state index contributed by atoms with van der Waals surface area (Å²) in [4.78, 5) is 16.1. The topological polar surface area (TPSA) is 54.0 Å². The summed E-state index contributed by atoms with van der Waals surface area (Å²) in [7, 11) is 0. The molecule has 0 aliphatic carbocycles. The Morgan fingerprint density at radius 2 is 2.00 bits per heavy atom. The van der Waals surface area contributed by atoms with E-state index in [4.69, 9.17) is 0 Å². The lowest BCUT2D eigenvalue weighted by molar-refractivity contribution is -0.117. The van der Waals surface area contributed by atoms with Gasteiger partial charge in [0.25, 0.3) is 0 Å². The number of para-hydroxylation sites is 1. The van der Waals surface area contributed by atoms with Gasteiger partial charge in [-0.1, -0.05) is 18.2 Å². The van der Waals surface area contributed by atoms with Gasteiger partial charge in [0.15, 0.2) is 0 Å². The molecule has 0 saturated heterocycles. The van der Waals surface area contributed by atoms with Crippen molar-refractivity contribution in [1.29, 1.82) is 0 Å². The SMILES string of the molecule is Cc1cnccc1CNC(C)C(=O)Nc1ccccc1. The monoisotopic (exact) mass is 269 g/mol.